The number of aliphatic carboxylic acids is 1. The third-order valence-corrected chi connectivity index (χ3v) is 7.17. The molecule has 1 fully saturated rings. The minimum absolute atomic E-state index is 0.0281. The average Bonchev–Trinajstić information content (AvgIpc) is 3.56. The molecular formula is C29H45N3O7. The number of hydrogen-bond donors (Lipinski definition) is 2. The second kappa shape index (κ2) is 15.1. The highest BCUT2D eigenvalue weighted by Crippen LogP contribution is 2.33. The number of unbranched alkanes of at least 4 members (excludes halogenated alkanes) is 2. The van der Waals surface area contributed by atoms with Crippen LogP contribution in [0.15, 0.2) is 18.2 Å². The Bertz CT molecular complexity index is 962. The van der Waals surface area contributed by atoms with Crippen LogP contribution in [0, 0.1) is 5.92 Å². The molecule has 3 rings (SSSR count). The van der Waals surface area contributed by atoms with Gasteiger partial charge in [0, 0.05) is 26.1 Å². The first kappa shape index (κ1) is 30.7. The Balaban J connectivity index is 1.62. The van der Waals surface area contributed by atoms with Gasteiger partial charge in [-0.3, -0.25) is 14.9 Å². The highest BCUT2D eigenvalue weighted by atomic mass is 16.7. The van der Waals surface area contributed by atoms with Crippen molar-refractivity contribution in [2.24, 2.45) is 5.92 Å². The molecule has 0 bridgehead atoms. The molecular weight excluding hydrogens is 502 g/mol. The minimum Gasteiger partial charge on any atom is -0.480 e. The molecule has 0 aliphatic carbocycles. The number of hydrogen-bond acceptors (Lipinski definition) is 7. The van der Waals surface area contributed by atoms with Gasteiger partial charge >= 0.3 is 5.97 Å². The van der Waals surface area contributed by atoms with Crippen molar-refractivity contribution < 1.29 is 33.7 Å². The van der Waals surface area contributed by atoms with E-state index >= 15 is 0 Å². The molecule has 1 unspecified atom stereocenters. The van der Waals surface area contributed by atoms with Crippen LogP contribution in [0.3, 0.4) is 0 Å². The summed E-state index contributed by atoms with van der Waals surface area (Å²) in [6.07, 6.45) is 4.17. The third-order valence-electron chi connectivity index (χ3n) is 7.17. The molecule has 2 aliphatic heterocycles. The van der Waals surface area contributed by atoms with Crippen molar-refractivity contribution in [3.05, 3.63) is 23.8 Å². The molecule has 0 aromatic heterocycles. The molecule has 2 amide bonds. The van der Waals surface area contributed by atoms with Gasteiger partial charge in [-0.25, -0.2) is 4.79 Å². The SMILES string of the molecule is CCCCN(CCCC)C(=O)CNC(CC(C)C)C(=O)N1C[C@H](OCc2ccc3c(c2)OCO3)C[C@H]1C(=O)O. The molecule has 10 nitrogen and oxygen atoms in total. The van der Waals surface area contributed by atoms with Crippen LogP contribution in [-0.4, -0.2) is 83.8 Å². The van der Waals surface area contributed by atoms with Crippen LogP contribution in [0.1, 0.15) is 71.8 Å². The summed E-state index contributed by atoms with van der Waals surface area (Å²) in [6.45, 7) is 10.3. The lowest BCUT2D eigenvalue weighted by atomic mass is 10.0. The van der Waals surface area contributed by atoms with Crippen molar-refractivity contribution in [2.75, 3.05) is 33.0 Å². The summed E-state index contributed by atoms with van der Waals surface area (Å²) in [4.78, 5) is 42.0. The van der Waals surface area contributed by atoms with Gasteiger partial charge in [-0.1, -0.05) is 46.6 Å². The molecule has 1 aromatic rings. The Hall–Kier alpha value is -2.85. The second-order valence-corrected chi connectivity index (χ2v) is 10.9. The fraction of sp³-hybridized carbons (Fsp3) is 0.690. The molecule has 2 aliphatic rings. The number of fused-ring (bicyclic) bond motifs is 1. The van der Waals surface area contributed by atoms with Crippen LogP contribution in [0.2, 0.25) is 0 Å². The van der Waals surface area contributed by atoms with Crippen molar-refractivity contribution >= 4 is 17.8 Å². The Morgan fingerprint density at radius 2 is 1.82 bits per heavy atom. The number of nitrogens with one attached hydrogen (secondary N) is 1. The van der Waals surface area contributed by atoms with Crippen molar-refractivity contribution in [2.45, 2.75) is 91.0 Å². The number of rotatable bonds is 16. The third kappa shape index (κ3) is 8.83. The maximum atomic E-state index is 13.7. The molecule has 2 heterocycles. The number of carboxylic acids is 1. The van der Waals surface area contributed by atoms with Gasteiger partial charge < -0.3 is 29.1 Å². The fourth-order valence-electron chi connectivity index (χ4n) is 4.97. The van der Waals surface area contributed by atoms with Gasteiger partial charge in [0.2, 0.25) is 18.6 Å². The van der Waals surface area contributed by atoms with Crippen molar-refractivity contribution in [1.82, 2.24) is 15.1 Å². The second-order valence-electron chi connectivity index (χ2n) is 10.9. The van der Waals surface area contributed by atoms with E-state index in [0.29, 0.717) is 31.0 Å². The van der Waals surface area contributed by atoms with Crippen LogP contribution in [0.25, 0.3) is 0 Å². The Kier molecular flexibility index (Phi) is 11.9. The molecule has 218 valence electrons. The molecule has 10 heteroatoms. The van der Waals surface area contributed by atoms with E-state index in [1.165, 1.54) is 4.90 Å². The van der Waals surface area contributed by atoms with E-state index in [1.54, 1.807) is 0 Å². The van der Waals surface area contributed by atoms with Gasteiger partial charge in [0.05, 0.1) is 25.3 Å². The van der Waals surface area contributed by atoms with Crippen molar-refractivity contribution in [3.63, 3.8) is 0 Å². The Labute approximate surface area is 232 Å². The molecule has 0 saturated carbocycles. The van der Waals surface area contributed by atoms with Gasteiger partial charge in [-0.2, -0.15) is 0 Å². The minimum atomic E-state index is -1.05. The lowest BCUT2D eigenvalue weighted by Crippen LogP contribution is -2.53. The first-order valence-corrected chi connectivity index (χ1v) is 14.3. The molecule has 1 aromatic carbocycles. The first-order valence-electron chi connectivity index (χ1n) is 14.3. The largest absolute Gasteiger partial charge is 0.480 e. The first-order chi connectivity index (χ1) is 18.7. The monoisotopic (exact) mass is 547 g/mol. The van der Waals surface area contributed by atoms with Crippen LogP contribution < -0.4 is 14.8 Å². The van der Waals surface area contributed by atoms with Crippen LogP contribution in [0.5, 0.6) is 11.5 Å². The highest BCUT2D eigenvalue weighted by Gasteiger charge is 2.42. The average molecular weight is 548 g/mol. The molecule has 1 saturated heterocycles. The summed E-state index contributed by atoms with van der Waals surface area (Å²) in [6, 6.07) is 3.92. The quantitative estimate of drug-likeness (QED) is 0.323. The summed E-state index contributed by atoms with van der Waals surface area (Å²) in [5, 5.41) is 13.1. The van der Waals surface area contributed by atoms with E-state index in [0.717, 1.165) is 31.2 Å². The zero-order chi connectivity index (χ0) is 28.4. The molecule has 0 spiro atoms. The summed E-state index contributed by atoms with van der Waals surface area (Å²) in [5.41, 5.74) is 0.879. The van der Waals surface area contributed by atoms with Crippen molar-refractivity contribution in [1.29, 1.82) is 0 Å². The Morgan fingerprint density at radius 3 is 2.46 bits per heavy atom. The number of ether oxygens (including phenoxy) is 3. The van der Waals surface area contributed by atoms with E-state index in [-0.39, 0.29) is 50.6 Å². The van der Waals surface area contributed by atoms with Gasteiger partial charge in [0.25, 0.3) is 0 Å². The maximum Gasteiger partial charge on any atom is 0.326 e. The smallest absolute Gasteiger partial charge is 0.326 e. The van der Waals surface area contributed by atoms with Gasteiger partial charge in [-0.05, 0) is 42.9 Å². The van der Waals surface area contributed by atoms with E-state index in [1.807, 2.05) is 36.9 Å². The number of nitrogens with zero attached hydrogens (tertiary/aromatic N) is 2. The maximum absolute atomic E-state index is 13.7. The topological polar surface area (TPSA) is 118 Å². The molecule has 39 heavy (non-hydrogen) atoms. The van der Waals surface area contributed by atoms with Gasteiger partial charge in [-0.15, -0.1) is 0 Å². The summed E-state index contributed by atoms with van der Waals surface area (Å²) >= 11 is 0. The van der Waals surface area contributed by atoms with Gasteiger partial charge in [0.15, 0.2) is 11.5 Å². The van der Waals surface area contributed by atoms with Crippen LogP contribution in [-0.2, 0) is 25.7 Å². The van der Waals surface area contributed by atoms with Gasteiger partial charge in [0.1, 0.15) is 6.04 Å². The predicted octanol–water partition coefficient (Wildman–Crippen LogP) is 3.42. The van der Waals surface area contributed by atoms with E-state index in [4.69, 9.17) is 14.2 Å². The standard InChI is InChI=1S/C29H45N3O7/c1-5-7-11-31(12-8-6-2)27(33)16-30-23(13-20(3)4)28(34)32-17-22(15-24(32)29(35)36)37-18-21-9-10-25-26(14-21)39-19-38-25/h9-10,14,20,22-24,30H,5-8,11-13,15-19H2,1-4H3,(H,35,36)/t22-,23?,24+/m1/s1. The summed E-state index contributed by atoms with van der Waals surface area (Å²) in [5.74, 6) is 0.140. The van der Waals surface area contributed by atoms with Crippen LogP contribution in [0.4, 0.5) is 0 Å². The van der Waals surface area contributed by atoms with E-state index in [9.17, 15) is 19.5 Å². The molecule has 3 atom stereocenters. The Morgan fingerprint density at radius 1 is 1.13 bits per heavy atom. The number of amides is 2. The molecule has 0 radical (unpaired) electrons. The summed E-state index contributed by atoms with van der Waals surface area (Å²) in [7, 11) is 0. The lowest BCUT2D eigenvalue weighted by molar-refractivity contribution is -0.149. The number of carbonyl (C=O) groups is 3. The van der Waals surface area contributed by atoms with E-state index < -0.39 is 24.2 Å². The zero-order valence-corrected chi connectivity index (χ0v) is 23.8. The number of likely N-dealkylation sites (tertiary alicyclic amines) is 1. The zero-order valence-electron chi connectivity index (χ0n) is 23.8. The number of benzene rings is 1. The molecule has 2 N–H and O–H groups in total. The van der Waals surface area contributed by atoms with Crippen LogP contribution >= 0.6 is 0 Å². The van der Waals surface area contributed by atoms with E-state index in [2.05, 4.69) is 19.2 Å². The van der Waals surface area contributed by atoms with Crippen molar-refractivity contribution in [3.8, 4) is 11.5 Å². The number of carbonyl (C=O) groups excluding carboxylic acids is 2. The highest BCUT2D eigenvalue weighted by molar-refractivity contribution is 5.88. The fourth-order valence-corrected chi connectivity index (χ4v) is 4.97. The normalized spacial score (nSPS) is 18.9. The summed E-state index contributed by atoms with van der Waals surface area (Å²) < 4.78 is 16.8. The lowest BCUT2D eigenvalue weighted by Gasteiger charge is -2.29. The number of carboxylic acid groups (broad SMARTS) is 1. The predicted molar refractivity (Wildman–Crippen MR) is 147 cm³/mol.